The third-order valence-corrected chi connectivity index (χ3v) is 13.7. The van der Waals surface area contributed by atoms with Crippen molar-refractivity contribution in [3.8, 4) is 17.2 Å². The Kier molecular flexibility index (Phi) is 14.5. The quantitative estimate of drug-likeness (QED) is 0.0861. The number of rotatable bonds is 16. The lowest BCUT2D eigenvalue weighted by atomic mass is 9.70. The lowest BCUT2D eigenvalue weighted by molar-refractivity contribution is -0.142. The fourth-order valence-corrected chi connectivity index (χ4v) is 10.2. The largest absolute Gasteiger partial charge is 0.497 e. The summed E-state index contributed by atoms with van der Waals surface area (Å²) in [5.74, 6) is 0.506. The van der Waals surface area contributed by atoms with Crippen LogP contribution in [0.5, 0.6) is 17.2 Å². The van der Waals surface area contributed by atoms with Crippen molar-refractivity contribution in [1.29, 1.82) is 0 Å². The van der Waals surface area contributed by atoms with E-state index in [9.17, 15) is 14.7 Å². The SMILES string of the molecule is COC(=O)c1ccc2c(c1)N([C@@H]1CCCN1C(C(=O)O)/C(F)=C/C[C@H](C)CSN(Cc1ccc(OC)cc1)Cc1ccc(OC)cc1)CC1(CCCc3cc(Cl)ccc31)CO2. The monoisotopic (exact) mass is 871 g/mol. The van der Waals surface area contributed by atoms with Crippen LogP contribution < -0.4 is 19.1 Å². The second kappa shape index (κ2) is 20.0. The molecule has 1 saturated heterocycles. The number of aliphatic carboxylic acids is 1. The minimum atomic E-state index is -1.49. The zero-order valence-corrected chi connectivity index (χ0v) is 36.9. The van der Waals surface area contributed by atoms with Crippen LogP contribution in [0.3, 0.4) is 0 Å². The highest BCUT2D eigenvalue weighted by Crippen LogP contribution is 2.47. The third-order valence-electron chi connectivity index (χ3n) is 12.1. The standard InChI is InChI=1S/C48H55ClFN3O7S/c1-32(29-61-51(27-33-10-16-38(57-2)17-11-33)28-34-12-18-39(58-3)19-13-34)9-21-41(50)45(46(54)55)52-24-6-8-44(52)53-30-48(23-5-7-35-25-37(49)15-20-40(35)48)31-60-43-22-14-36(26-42(43)53)47(56)59-4/h10-22,25-26,32,44-45H,5-9,23-24,27-31H2,1-4H3,(H,54,55)/b41-21-/t32-,44+,45?,48?/m0/s1. The molecular weight excluding hydrogens is 817 g/mol. The smallest absolute Gasteiger partial charge is 0.337 e. The van der Waals surface area contributed by atoms with Crippen LogP contribution in [0.25, 0.3) is 0 Å². The van der Waals surface area contributed by atoms with Gasteiger partial charge >= 0.3 is 11.9 Å². The molecule has 1 spiro atoms. The van der Waals surface area contributed by atoms with Crippen molar-refractivity contribution in [3.05, 3.63) is 130 Å². The number of halogens is 2. The van der Waals surface area contributed by atoms with Crippen molar-refractivity contribution >= 4 is 41.2 Å². The number of benzene rings is 4. The second-order valence-electron chi connectivity index (χ2n) is 16.3. The van der Waals surface area contributed by atoms with Gasteiger partial charge in [-0.15, -0.1) is 0 Å². The summed E-state index contributed by atoms with van der Waals surface area (Å²) < 4.78 is 41.3. The van der Waals surface area contributed by atoms with E-state index in [1.807, 2.05) is 36.4 Å². The number of ether oxygens (including phenoxy) is 4. The van der Waals surface area contributed by atoms with Crippen LogP contribution in [-0.2, 0) is 34.5 Å². The molecule has 0 bridgehead atoms. The summed E-state index contributed by atoms with van der Waals surface area (Å²) in [5, 5.41) is 11.4. The maximum atomic E-state index is 16.6. The van der Waals surface area contributed by atoms with Crippen LogP contribution in [0, 0.1) is 5.92 Å². The Labute approximate surface area is 367 Å². The van der Waals surface area contributed by atoms with Crippen LogP contribution in [0.15, 0.2) is 96.8 Å². The fraction of sp³-hybridized carbons (Fsp3) is 0.417. The van der Waals surface area contributed by atoms with Gasteiger partial charge in [0.2, 0.25) is 0 Å². The van der Waals surface area contributed by atoms with Gasteiger partial charge in [-0.25, -0.2) is 13.5 Å². The van der Waals surface area contributed by atoms with Crippen LogP contribution in [0.4, 0.5) is 10.1 Å². The number of anilines is 1. The van der Waals surface area contributed by atoms with Gasteiger partial charge in [0.1, 0.15) is 23.1 Å². The van der Waals surface area contributed by atoms with Crippen LogP contribution in [0.2, 0.25) is 5.02 Å². The minimum absolute atomic E-state index is 0.0416. The zero-order valence-electron chi connectivity index (χ0n) is 35.3. The van der Waals surface area contributed by atoms with Crippen molar-refractivity contribution in [3.63, 3.8) is 0 Å². The number of aryl methyl sites for hydroxylation is 1. The Hall–Kier alpha value is -4.75. The number of allylic oxidation sites excluding steroid dienone is 1. The molecule has 2 unspecified atom stereocenters. The summed E-state index contributed by atoms with van der Waals surface area (Å²) >= 11 is 8.16. The first-order chi connectivity index (χ1) is 29.5. The van der Waals surface area contributed by atoms with E-state index in [2.05, 4.69) is 46.5 Å². The molecule has 1 fully saturated rings. The Morgan fingerprint density at radius 2 is 1.67 bits per heavy atom. The molecule has 0 amide bonds. The lowest BCUT2D eigenvalue weighted by Crippen LogP contribution is -2.56. The Morgan fingerprint density at radius 3 is 2.31 bits per heavy atom. The molecule has 61 heavy (non-hydrogen) atoms. The van der Waals surface area contributed by atoms with Crippen molar-refractivity contribution in [2.75, 3.05) is 51.7 Å². The number of carbonyl (C=O) groups excluding carboxylic acids is 1. The van der Waals surface area contributed by atoms with E-state index < -0.39 is 35.4 Å². The predicted molar refractivity (Wildman–Crippen MR) is 239 cm³/mol. The average Bonchev–Trinajstić information content (AvgIpc) is 3.68. The Morgan fingerprint density at radius 1 is 0.984 bits per heavy atom. The summed E-state index contributed by atoms with van der Waals surface area (Å²) in [4.78, 5) is 29.9. The number of carboxylic acid groups (broad SMARTS) is 1. The second-order valence-corrected chi connectivity index (χ2v) is 17.9. The zero-order chi connectivity index (χ0) is 43.1. The summed E-state index contributed by atoms with van der Waals surface area (Å²) in [7, 11) is 4.64. The molecule has 1 aliphatic carbocycles. The number of likely N-dealkylation sites (tertiary alicyclic amines) is 1. The van der Waals surface area contributed by atoms with Gasteiger partial charge < -0.3 is 29.0 Å². The van der Waals surface area contributed by atoms with E-state index in [1.54, 1.807) is 49.3 Å². The number of nitrogens with zero attached hydrogens (tertiary/aromatic N) is 3. The van der Waals surface area contributed by atoms with Crippen LogP contribution >= 0.6 is 23.5 Å². The molecule has 2 aliphatic heterocycles. The number of esters is 1. The van der Waals surface area contributed by atoms with Crippen LogP contribution in [-0.4, -0.2) is 85.2 Å². The van der Waals surface area contributed by atoms with Gasteiger partial charge in [-0.05, 0) is 121 Å². The molecule has 7 rings (SSSR count). The first-order valence-corrected chi connectivity index (χ1v) is 22.2. The van der Waals surface area contributed by atoms with E-state index in [4.69, 9.17) is 30.5 Å². The molecule has 0 aromatic heterocycles. The van der Waals surface area contributed by atoms with Gasteiger partial charge in [0.25, 0.3) is 0 Å². The van der Waals surface area contributed by atoms with Gasteiger partial charge in [0, 0.05) is 42.4 Å². The minimum Gasteiger partial charge on any atom is -0.497 e. The molecule has 4 atom stereocenters. The van der Waals surface area contributed by atoms with Gasteiger partial charge in [-0.2, -0.15) is 0 Å². The van der Waals surface area contributed by atoms with Crippen molar-refractivity contribution < 1.29 is 38.0 Å². The number of fused-ring (bicyclic) bond motifs is 3. The van der Waals surface area contributed by atoms with Gasteiger partial charge in [0.15, 0.2) is 6.04 Å². The maximum Gasteiger partial charge on any atom is 0.337 e. The molecule has 1 N–H and O–H groups in total. The fourth-order valence-electron chi connectivity index (χ4n) is 8.97. The highest BCUT2D eigenvalue weighted by Gasteiger charge is 2.47. The molecule has 13 heteroatoms. The van der Waals surface area contributed by atoms with Gasteiger partial charge in [-0.3, -0.25) is 9.69 Å². The number of carbonyl (C=O) groups is 2. The Bertz CT molecular complexity index is 2140. The normalized spacial score (nSPS) is 20.0. The molecule has 3 aliphatic rings. The summed E-state index contributed by atoms with van der Waals surface area (Å²) in [6.07, 6.45) is 5.29. The first-order valence-electron chi connectivity index (χ1n) is 20.9. The highest BCUT2D eigenvalue weighted by molar-refractivity contribution is 7.96. The first kappa shape index (κ1) is 44.3. The molecule has 10 nitrogen and oxygen atoms in total. The Balaban J connectivity index is 1.11. The lowest BCUT2D eigenvalue weighted by Gasteiger charge is -2.45. The number of hydrogen-bond acceptors (Lipinski definition) is 10. The average molecular weight is 872 g/mol. The van der Waals surface area contributed by atoms with E-state index >= 15 is 4.39 Å². The van der Waals surface area contributed by atoms with E-state index in [1.165, 1.54) is 18.7 Å². The van der Waals surface area contributed by atoms with Gasteiger partial charge in [0.05, 0.1) is 45.4 Å². The van der Waals surface area contributed by atoms with Crippen molar-refractivity contribution in [2.24, 2.45) is 5.92 Å². The van der Waals surface area contributed by atoms with Crippen LogP contribution in [0.1, 0.15) is 71.6 Å². The number of hydrogen-bond donors (Lipinski definition) is 1. The van der Waals surface area contributed by atoms with E-state index in [0.29, 0.717) is 79.8 Å². The summed E-state index contributed by atoms with van der Waals surface area (Å²) in [6.45, 7) is 4.69. The third kappa shape index (κ3) is 10.3. The highest BCUT2D eigenvalue weighted by atomic mass is 35.5. The van der Waals surface area contributed by atoms with E-state index in [0.717, 1.165) is 47.5 Å². The molecule has 0 radical (unpaired) electrons. The summed E-state index contributed by atoms with van der Waals surface area (Å²) in [5.41, 5.74) is 5.14. The molecule has 324 valence electrons. The van der Waals surface area contributed by atoms with Crippen molar-refractivity contribution in [2.45, 2.75) is 76.2 Å². The molecular formula is C48H55ClFN3O7S. The maximum absolute atomic E-state index is 16.6. The summed E-state index contributed by atoms with van der Waals surface area (Å²) in [6, 6.07) is 25.8. The number of methoxy groups -OCH3 is 3. The molecule has 0 saturated carbocycles. The van der Waals surface area contributed by atoms with Crippen molar-refractivity contribution in [1.82, 2.24) is 9.21 Å². The molecule has 2 heterocycles. The predicted octanol–water partition coefficient (Wildman–Crippen LogP) is 9.72. The van der Waals surface area contributed by atoms with E-state index in [-0.39, 0.29) is 5.92 Å². The number of carboxylic acids is 1. The van der Waals surface area contributed by atoms with Gasteiger partial charge in [-0.1, -0.05) is 66.9 Å². The molecule has 4 aromatic rings. The molecule has 4 aromatic carbocycles. The topological polar surface area (TPSA) is 101 Å².